The minimum Gasteiger partial charge on any atom is -0.350 e. The fourth-order valence-corrected chi connectivity index (χ4v) is 4.79. The highest BCUT2D eigenvalue weighted by Gasteiger charge is 2.55. The maximum atomic E-state index is 2.64. The van der Waals surface area contributed by atoms with Crippen molar-refractivity contribution in [3.8, 4) is 0 Å². The maximum absolute atomic E-state index is 2.64. The monoisotopic (exact) mass is 332 g/mol. The molecule has 1 fully saturated rings. The molecule has 4 rings (SSSR count). The molecule has 2 aliphatic rings. The predicted octanol–water partition coefficient (Wildman–Crippen LogP) is 4.96. The van der Waals surface area contributed by atoms with Gasteiger partial charge in [-0.15, -0.1) is 0 Å². The Morgan fingerprint density at radius 1 is 1.08 bits per heavy atom. The van der Waals surface area contributed by atoms with Crippen LogP contribution in [0.1, 0.15) is 37.8 Å². The Labute approximate surface area is 151 Å². The van der Waals surface area contributed by atoms with Crippen LogP contribution in [0.15, 0.2) is 66.2 Å². The lowest BCUT2D eigenvalue weighted by molar-refractivity contribution is 0.249. The molecular formula is C23H28N2. The lowest BCUT2D eigenvalue weighted by atomic mass is 9.76. The van der Waals surface area contributed by atoms with E-state index in [9.17, 15) is 0 Å². The van der Waals surface area contributed by atoms with Crippen molar-refractivity contribution in [2.24, 2.45) is 0 Å². The fourth-order valence-electron chi connectivity index (χ4n) is 4.79. The van der Waals surface area contributed by atoms with Crippen molar-refractivity contribution in [1.82, 2.24) is 4.90 Å². The smallest absolute Gasteiger partial charge is 0.0924 e. The first-order valence-electron chi connectivity index (χ1n) is 9.35. The van der Waals surface area contributed by atoms with Crippen LogP contribution in [-0.2, 0) is 12.0 Å². The third kappa shape index (κ3) is 2.69. The Hall–Kier alpha value is -2.06. The van der Waals surface area contributed by atoms with Crippen molar-refractivity contribution in [3.05, 3.63) is 77.4 Å². The predicted molar refractivity (Wildman–Crippen MR) is 106 cm³/mol. The van der Waals surface area contributed by atoms with Crippen molar-refractivity contribution in [3.63, 3.8) is 0 Å². The highest BCUT2D eigenvalue weighted by Crippen LogP contribution is 2.54. The van der Waals surface area contributed by atoms with Gasteiger partial charge in [-0.05, 0) is 50.9 Å². The highest BCUT2D eigenvalue weighted by molar-refractivity contribution is 5.65. The van der Waals surface area contributed by atoms with Gasteiger partial charge >= 0.3 is 0 Å². The first-order chi connectivity index (χ1) is 12.1. The highest BCUT2D eigenvalue weighted by atomic mass is 15.4. The molecule has 0 amide bonds. The van der Waals surface area contributed by atoms with E-state index < -0.39 is 0 Å². The number of hydrogen-bond acceptors (Lipinski definition) is 2. The average molecular weight is 332 g/mol. The Morgan fingerprint density at radius 3 is 2.56 bits per heavy atom. The first kappa shape index (κ1) is 16.4. The zero-order chi connectivity index (χ0) is 17.4. The quantitative estimate of drug-likeness (QED) is 0.730. The number of benzene rings is 2. The van der Waals surface area contributed by atoms with Crippen LogP contribution in [0.3, 0.4) is 0 Å². The Kier molecular flexibility index (Phi) is 4.16. The van der Waals surface area contributed by atoms with Crippen LogP contribution in [0.4, 0.5) is 5.69 Å². The van der Waals surface area contributed by atoms with Crippen LogP contribution >= 0.6 is 0 Å². The van der Waals surface area contributed by atoms with Gasteiger partial charge in [0.15, 0.2) is 0 Å². The molecule has 25 heavy (non-hydrogen) atoms. The summed E-state index contributed by atoms with van der Waals surface area (Å²) >= 11 is 0. The number of likely N-dealkylation sites (N-methyl/N-ethyl adjacent to an activating group) is 1. The average Bonchev–Trinajstić information content (AvgIpc) is 3.09. The summed E-state index contributed by atoms with van der Waals surface area (Å²) in [4.78, 5) is 5.19. The molecule has 0 spiro atoms. The summed E-state index contributed by atoms with van der Waals surface area (Å²) in [7, 11) is 2.29. The second-order valence-electron chi connectivity index (χ2n) is 7.88. The van der Waals surface area contributed by atoms with Gasteiger partial charge < -0.3 is 4.90 Å². The SMILES string of the molecule is CC(C)=CCC12CCN(C)C1N(Cc1ccccc1)c1ccccc12. The zero-order valence-corrected chi connectivity index (χ0v) is 15.6. The molecule has 2 nitrogen and oxygen atoms in total. The van der Waals surface area contributed by atoms with Gasteiger partial charge in [0, 0.05) is 24.2 Å². The molecule has 0 bridgehead atoms. The van der Waals surface area contributed by atoms with Crippen LogP contribution < -0.4 is 4.90 Å². The molecule has 2 heterocycles. The van der Waals surface area contributed by atoms with Crippen LogP contribution in [0, 0.1) is 0 Å². The van der Waals surface area contributed by atoms with E-state index in [4.69, 9.17) is 0 Å². The number of nitrogens with zero attached hydrogens (tertiary/aromatic N) is 2. The van der Waals surface area contributed by atoms with E-state index in [0.29, 0.717) is 6.17 Å². The fraction of sp³-hybridized carbons (Fsp3) is 0.391. The standard InChI is InChI=1S/C23H28N2/c1-18(2)13-14-23-15-16-24(3)22(23)25(17-19-9-5-4-6-10-19)21-12-8-7-11-20(21)23/h4-13,22H,14-17H2,1-3H3. The molecule has 1 saturated heterocycles. The molecule has 2 aromatic rings. The molecule has 0 aromatic heterocycles. The summed E-state index contributed by atoms with van der Waals surface area (Å²) < 4.78 is 0. The van der Waals surface area contributed by atoms with Gasteiger partial charge in [-0.25, -0.2) is 0 Å². The zero-order valence-electron chi connectivity index (χ0n) is 15.6. The van der Waals surface area contributed by atoms with Gasteiger partial charge in [-0.2, -0.15) is 0 Å². The molecule has 0 N–H and O–H groups in total. The largest absolute Gasteiger partial charge is 0.350 e. The first-order valence-corrected chi connectivity index (χ1v) is 9.35. The second kappa shape index (κ2) is 6.34. The molecule has 2 aliphatic heterocycles. The van der Waals surface area contributed by atoms with E-state index >= 15 is 0 Å². The van der Waals surface area contributed by atoms with Crippen molar-refractivity contribution in [2.75, 3.05) is 18.5 Å². The van der Waals surface area contributed by atoms with E-state index in [-0.39, 0.29) is 5.41 Å². The molecule has 2 unspecified atom stereocenters. The molecule has 2 heteroatoms. The van der Waals surface area contributed by atoms with Crippen LogP contribution in [-0.4, -0.2) is 24.7 Å². The summed E-state index contributed by atoms with van der Waals surface area (Å²) in [5.41, 5.74) is 5.98. The normalized spacial score (nSPS) is 24.9. The number of hydrogen-bond donors (Lipinski definition) is 0. The third-order valence-electron chi connectivity index (χ3n) is 5.94. The van der Waals surface area contributed by atoms with Gasteiger partial charge in [-0.1, -0.05) is 60.2 Å². The lowest BCUT2D eigenvalue weighted by Crippen LogP contribution is -2.48. The summed E-state index contributed by atoms with van der Waals surface area (Å²) in [6.07, 6.45) is 5.25. The summed E-state index contributed by atoms with van der Waals surface area (Å²) in [5, 5.41) is 0. The Balaban J connectivity index is 1.79. The van der Waals surface area contributed by atoms with E-state index in [1.807, 2.05) is 0 Å². The molecule has 130 valence electrons. The number of para-hydroxylation sites is 1. The van der Waals surface area contributed by atoms with Crippen molar-refractivity contribution >= 4 is 5.69 Å². The van der Waals surface area contributed by atoms with Gasteiger partial charge in [0.1, 0.15) is 0 Å². The Morgan fingerprint density at radius 2 is 1.80 bits per heavy atom. The number of allylic oxidation sites excluding steroid dienone is 2. The van der Waals surface area contributed by atoms with Crippen molar-refractivity contribution in [1.29, 1.82) is 0 Å². The molecular weight excluding hydrogens is 304 g/mol. The number of likely N-dealkylation sites (tertiary alicyclic amines) is 1. The molecule has 0 aliphatic carbocycles. The number of anilines is 1. The van der Waals surface area contributed by atoms with E-state index in [1.165, 1.54) is 35.4 Å². The van der Waals surface area contributed by atoms with Crippen molar-refractivity contribution in [2.45, 2.75) is 44.8 Å². The van der Waals surface area contributed by atoms with Gasteiger partial charge in [-0.3, -0.25) is 4.90 Å². The maximum Gasteiger partial charge on any atom is 0.0924 e. The topological polar surface area (TPSA) is 6.48 Å². The van der Waals surface area contributed by atoms with Crippen LogP contribution in [0.5, 0.6) is 0 Å². The molecule has 0 saturated carbocycles. The number of fused-ring (bicyclic) bond motifs is 3. The van der Waals surface area contributed by atoms with Crippen LogP contribution in [0.25, 0.3) is 0 Å². The summed E-state index contributed by atoms with van der Waals surface area (Å²) in [5.74, 6) is 0. The minimum absolute atomic E-state index is 0.220. The second-order valence-corrected chi connectivity index (χ2v) is 7.88. The summed E-state index contributed by atoms with van der Waals surface area (Å²) in [6, 6.07) is 20.0. The van der Waals surface area contributed by atoms with E-state index in [2.05, 4.69) is 91.4 Å². The van der Waals surface area contributed by atoms with E-state index in [1.54, 1.807) is 0 Å². The lowest BCUT2D eigenvalue weighted by Gasteiger charge is -2.37. The van der Waals surface area contributed by atoms with Gasteiger partial charge in [0.05, 0.1) is 6.17 Å². The third-order valence-corrected chi connectivity index (χ3v) is 5.94. The summed E-state index contributed by atoms with van der Waals surface area (Å²) in [6.45, 7) is 6.57. The minimum atomic E-state index is 0.220. The molecule has 2 aromatic carbocycles. The molecule has 0 radical (unpaired) electrons. The van der Waals surface area contributed by atoms with Crippen molar-refractivity contribution < 1.29 is 0 Å². The number of rotatable bonds is 4. The molecule has 2 atom stereocenters. The Bertz CT molecular complexity index is 776. The van der Waals surface area contributed by atoms with Gasteiger partial charge in [0.2, 0.25) is 0 Å². The van der Waals surface area contributed by atoms with E-state index in [0.717, 1.165) is 13.0 Å². The van der Waals surface area contributed by atoms with Gasteiger partial charge in [0.25, 0.3) is 0 Å². The van der Waals surface area contributed by atoms with Crippen LogP contribution in [0.2, 0.25) is 0 Å².